The third-order valence-corrected chi connectivity index (χ3v) is 5.52. The molecule has 0 bridgehead atoms. The Morgan fingerprint density at radius 1 is 1.04 bits per heavy atom. The number of carbonyl (C=O) groups is 2. The molecule has 0 aromatic heterocycles. The molecule has 2 fully saturated rings. The highest BCUT2D eigenvalue weighted by Crippen LogP contribution is 2.15. The van der Waals surface area contributed by atoms with Crippen molar-refractivity contribution in [1.29, 1.82) is 0 Å². The van der Waals surface area contributed by atoms with Crippen LogP contribution in [0.1, 0.15) is 34.6 Å². The molecule has 0 spiro atoms. The monoisotopic (exact) mass is 368 g/mol. The van der Waals surface area contributed by atoms with Gasteiger partial charge in [0.2, 0.25) is 11.8 Å². The zero-order valence-corrected chi connectivity index (χ0v) is 17.1. The first kappa shape index (κ1) is 21.1. The number of nitrogens with zero attached hydrogens (tertiary/aromatic N) is 4. The molecule has 2 aliphatic rings. The maximum absolute atomic E-state index is 12.9. The minimum absolute atomic E-state index is 0.0952. The van der Waals surface area contributed by atoms with E-state index >= 15 is 0 Å². The van der Waals surface area contributed by atoms with Crippen LogP contribution >= 0.6 is 0 Å². The fraction of sp³-hybridized carbons (Fsp3) is 0.895. The van der Waals surface area contributed by atoms with Crippen molar-refractivity contribution in [3.05, 3.63) is 0 Å². The fourth-order valence-corrected chi connectivity index (χ4v) is 3.95. The van der Waals surface area contributed by atoms with Crippen molar-refractivity contribution in [3.63, 3.8) is 0 Å². The van der Waals surface area contributed by atoms with Crippen molar-refractivity contribution in [2.75, 3.05) is 58.9 Å². The minimum Gasteiger partial charge on any atom is -0.372 e. The van der Waals surface area contributed by atoms with Crippen molar-refractivity contribution >= 4 is 11.8 Å². The maximum Gasteiger partial charge on any atom is 0.239 e. The van der Waals surface area contributed by atoms with Crippen LogP contribution in [0, 0.1) is 0 Å². The average Bonchev–Trinajstić information content (AvgIpc) is 2.61. The summed E-state index contributed by atoms with van der Waals surface area (Å²) in [5.74, 6) is 0.392. The van der Waals surface area contributed by atoms with Crippen LogP contribution in [-0.4, -0.2) is 109 Å². The minimum atomic E-state index is -0.117. The summed E-state index contributed by atoms with van der Waals surface area (Å²) in [4.78, 5) is 33.4. The van der Waals surface area contributed by atoms with Gasteiger partial charge in [-0.05, 0) is 34.6 Å². The first-order chi connectivity index (χ1) is 12.3. The van der Waals surface area contributed by atoms with Gasteiger partial charge in [0, 0.05) is 52.4 Å². The van der Waals surface area contributed by atoms with Crippen LogP contribution in [0.2, 0.25) is 0 Å². The lowest BCUT2D eigenvalue weighted by Crippen LogP contribution is -2.58. The second-order valence-electron chi connectivity index (χ2n) is 7.55. The fourth-order valence-electron chi connectivity index (χ4n) is 3.95. The first-order valence-corrected chi connectivity index (χ1v) is 10.0. The van der Waals surface area contributed by atoms with Gasteiger partial charge in [0.05, 0.1) is 24.8 Å². The van der Waals surface area contributed by atoms with Crippen molar-refractivity contribution in [2.24, 2.45) is 0 Å². The molecule has 2 amide bonds. The van der Waals surface area contributed by atoms with Gasteiger partial charge in [-0.1, -0.05) is 0 Å². The molecular formula is C19H36N4O3. The van der Waals surface area contributed by atoms with Gasteiger partial charge < -0.3 is 14.5 Å². The molecular weight excluding hydrogens is 332 g/mol. The van der Waals surface area contributed by atoms with Crippen molar-refractivity contribution in [1.82, 2.24) is 19.6 Å². The summed E-state index contributed by atoms with van der Waals surface area (Å²) in [6.45, 7) is 16.7. The Balaban J connectivity index is 1.81. The Labute approximate surface area is 158 Å². The molecule has 0 N–H and O–H groups in total. The van der Waals surface area contributed by atoms with E-state index < -0.39 is 0 Å². The van der Waals surface area contributed by atoms with Crippen LogP contribution in [0.15, 0.2) is 0 Å². The second kappa shape index (κ2) is 9.67. The van der Waals surface area contributed by atoms with E-state index in [0.29, 0.717) is 19.6 Å². The van der Waals surface area contributed by atoms with Crippen LogP contribution in [0.5, 0.6) is 0 Å². The van der Waals surface area contributed by atoms with Gasteiger partial charge in [-0.3, -0.25) is 19.4 Å². The largest absolute Gasteiger partial charge is 0.372 e. The van der Waals surface area contributed by atoms with Gasteiger partial charge in [0.25, 0.3) is 0 Å². The van der Waals surface area contributed by atoms with Crippen molar-refractivity contribution in [3.8, 4) is 0 Å². The third-order valence-electron chi connectivity index (χ3n) is 5.52. The van der Waals surface area contributed by atoms with Crippen LogP contribution in [0.4, 0.5) is 0 Å². The zero-order chi connectivity index (χ0) is 19.3. The molecule has 2 aliphatic heterocycles. The molecule has 0 aromatic carbocycles. The topological polar surface area (TPSA) is 56.3 Å². The Morgan fingerprint density at radius 3 is 2.08 bits per heavy atom. The Kier molecular flexibility index (Phi) is 7.85. The smallest absolute Gasteiger partial charge is 0.239 e. The summed E-state index contributed by atoms with van der Waals surface area (Å²) in [6, 6.07) is -0.117. The second-order valence-corrected chi connectivity index (χ2v) is 7.55. The number of piperazine rings is 1. The molecule has 0 aromatic rings. The van der Waals surface area contributed by atoms with Crippen LogP contribution in [-0.2, 0) is 14.3 Å². The van der Waals surface area contributed by atoms with Gasteiger partial charge in [-0.25, -0.2) is 0 Å². The van der Waals surface area contributed by atoms with E-state index in [-0.39, 0.29) is 30.1 Å². The number of morpholine rings is 1. The number of ether oxygens (including phenoxy) is 1. The lowest BCUT2D eigenvalue weighted by atomic mass is 10.1. The summed E-state index contributed by atoms with van der Waals surface area (Å²) in [5, 5.41) is 0. The molecule has 3 unspecified atom stereocenters. The maximum atomic E-state index is 12.9. The molecule has 2 saturated heterocycles. The number of hydrogen-bond acceptors (Lipinski definition) is 5. The van der Waals surface area contributed by atoms with E-state index in [2.05, 4.69) is 9.80 Å². The number of hydrogen-bond donors (Lipinski definition) is 0. The van der Waals surface area contributed by atoms with Crippen molar-refractivity contribution < 1.29 is 14.3 Å². The Morgan fingerprint density at radius 2 is 1.58 bits per heavy atom. The summed E-state index contributed by atoms with van der Waals surface area (Å²) in [5.41, 5.74) is 0. The molecule has 7 heteroatoms. The Hall–Kier alpha value is -1.18. The predicted molar refractivity (Wildman–Crippen MR) is 102 cm³/mol. The molecule has 0 radical (unpaired) electrons. The number of rotatable bonds is 6. The number of amides is 2. The summed E-state index contributed by atoms with van der Waals surface area (Å²) < 4.78 is 5.73. The SMILES string of the molecule is CCN(CC)C(=O)CN1CCN(C(C)C(=O)N2CC(C)OC(C)C2)CC1. The van der Waals surface area contributed by atoms with Crippen LogP contribution in [0.3, 0.4) is 0 Å². The number of likely N-dealkylation sites (N-methyl/N-ethyl adjacent to an activating group) is 1. The molecule has 7 nitrogen and oxygen atoms in total. The Bertz CT molecular complexity index is 465. The van der Waals surface area contributed by atoms with E-state index in [0.717, 1.165) is 39.3 Å². The molecule has 3 atom stereocenters. The highest BCUT2D eigenvalue weighted by molar-refractivity contribution is 5.81. The van der Waals surface area contributed by atoms with E-state index in [1.54, 1.807) is 0 Å². The summed E-state index contributed by atoms with van der Waals surface area (Å²) in [6.07, 6.45) is 0.190. The van der Waals surface area contributed by atoms with Gasteiger partial charge >= 0.3 is 0 Å². The van der Waals surface area contributed by atoms with E-state index in [1.165, 1.54) is 0 Å². The van der Waals surface area contributed by atoms with Gasteiger partial charge in [-0.2, -0.15) is 0 Å². The van der Waals surface area contributed by atoms with Crippen LogP contribution in [0.25, 0.3) is 0 Å². The molecule has 150 valence electrons. The molecule has 0 aliphatic carbocycles. The highest BCUT2D eigenvalue weighted by Gasteiger charge is 2.32. The standard InChI is InChI=1S/C19H36N4O3/c1-6-21(7-2)18(24)14-20-8-10-22(11-9-20)17(5)19(25)23-12-15(3)26-16(4)13-23/h15-17H,6-14H2,1-5H3. The quantitative estimate of drug-likeness (QED) is 0.683. The zero-order valence-electron chi connectivity index (χ0n) is 17.1. The van der Waals surface area contributed by atoms with E-state index in [9.17, 15) is 9.59 Å². The van der Waals surface area contributed by atoms with Gasteiger partial charge in [0.15, 0.2) is 0 Å². The normalized spacial score (nSPS) is 26.6. The first-order valence-electron chi connectivity index (χ1n) is 10.0. The molecule has 2 rings (SSSR count). The van der Waals surface area contributed by atoms with Crippen molar-refractivity contribution in [2.45, 2.75) is 52.9 Å². The predicted octanol–water partition coefficient (Wildman–Crippen LogP) is 0.497. The van der Waals surface area contributed by atoms with E-state index in [1.807, 2.05) is 44.4 Å². The van der Waals surface area contributed by atoms with Gasteiger partial charge in [-0.15, -0.1) is 0 Å². The molecule has 26 heavy (non-hydrogen) atoms. The van der Waals surface area contributed by atoms with E-state index in [4.69, 9.17) is 4.74 Å². The lowest BCUT2D eigenvalue weighted by Gasteiger charge is -2.41. The summed E-state index contributed by atoms with van der Waals surface area (Å²) >= 11 is 0. The lowest BCUT2D eigenvalue weighted by molar-refractivity contribution is -0.149. The average molecular weight is 369 g/mol. The highest BCUT2D eigenvalue weighted by atomic mass is 16.5. The third kappa shape index (κ3) is 5.41. The van der Waals surface area contributed by atoms with Crippen LogP contribution < -0.4 is 0 Å². The van der Waals surface area contributed by atoms with Gasteiger partial charge in [0.1, 0.15) is 0 Å². The molecule has 2 heterocycles. The molecule has 0 saturated carbocycles. The summed E-state index contributed by atoms with van der Waals surface area (Å²) in [7, 11) is 0. The number of carbonyl (C=O) groups excluding carboxylic acids is 2.